The summed E-state index contributed by atoms with van der Waals surface area (Å²) in [6, 6.07) is 13.7. The van der Waals surface area contributed by atoms with Crippen molar-refractivity contribution < 1.29 is 8.42 Å². The standard InChI is InChI=1S/C15H15N3O2S/c1-11-6-7-15(14(17)8-11)18-21(19,20)10-13-5-3-2-4-12(13)9-16/h2-8,18H,10,17H2,1H3. The topological polar surface area (TPSA) is 96.0 Å². The number of aryl methyl sites for hydroxylation is 1. The molecule has 0 saturated carbocycles. The van der Waals surface area contributed by atoms with Gasteiger partial charge in [-0.3, -0.25) is 4.72 Å². The zero-order valence-corrected chi connectivity index (χ0v) is 12.3. The van der Waals surface area contributed by atoms with E-state index in [-0.39, 0.29) is 5.75 Å². The fourth-order valence-corrected chi connectivity index (χ4v) is 3.19. The average Bonchev–Trinajstić information content (AvgIpc) is 2.42. The van der Waals surface area contributed by atoms with Crippen LogP contribution in [0.2, 0.25) is 0 Å². The molecule has 0 atom stereocenters. The van der Waals surface area contributed by atoms with Gasteiger partial charge >= 0.3 is 0 Å². The number of hydrogen-bond donors (Lipinski definition) is 2. The fraction of sp³-hybridized carbons (Fsp3) is 0.133. The summed E-state index contributed by atoms with van der Waals surface area (Å²) in [5.74, 6) is -0.274. The maximum absolute atomic E-state index is 12.2. The molecule has 0 spiro atoms. The highest BCUT2D eigenvalue weighted by Gasteiger charge is 2.15. The van der Waals surface area contributed by atoms with Crippen molar-refractivity contribution in [1.29, 1.82) is 5.26 Å². The van der Waals surface area contributed by atoms with Crippen molar-refractivity contribution in [3.8, 4) is 6.07 Å². The number of benzene rings is 2. The highest BCUT2D eigenvalue weighted by Crippen LogP contribution is 2.22. The predicted molar refractivity (Wildman–Crippen MR) is 83.0 cm³/mol. The molecule has 0 radical (unpaired) electrons. The summed E-state index contributed by atoms with van der Waals surface area (Å²) < 4.78 is 26.8. The molecular formula is C15H15N3O2S. The van der Waals surface area contributed by atoms with Crippen molar-refractivity contribution in [3.63, 3.8) is 0 Å². The Kier molecular flexibility index (Phi) is 4.15. The van der Waals surface area contributed by atoms with E-state index in [4.69, 9.17) is 11.0 Å². The third-order valence-corrected chi connectivity index (χ3v) is 4.18. The SMILES string of the molecule is Cc1ccc(NS(=O)(=O)Cc2ccccc2C#N)c(N)c1. The molecule has 5 nitrogen and oxygen atoms in total. The number of nitrogens with zero attached hydrogens (tertiary/aromatic N) is 1. The van der Waals surface area contributed by atoms with Gasteiger partial charge in [-0.1, -0.05) is 24.3 Å². The van der Waals surface area contributed by atoms with Crippen LogP contribution in [0, 0.1) is 18.3 Å². The van der Waals surface area contributed by atoms with Gasteiger partial charge in [0.05, 0.1) is 28.8 Å². The van der Waals surface area contributed by atoms with Crippen LogP contribution in [-0.4, -0.2) is 8.42 Å². The molecule has 108 valence electrons. The first-order valence-corrected chi connectivity index (χ1v) is 7.91. The Morgan fingerprint density at radius 3 is 2.62 bits per heavy atom. The number of sulfonamides is 1. The van der Waals surface area contributed by atoms with Gasteiger partial charge in [0.2, 0.25) is 10.0 Å². The highest BCUT2D eigenvalue weighted by molar-refractivity contribution is 7.91. The van der Waals surface area contributed by atoms with Crippen LogP contribution in [0.1, 0.15) is 16.7 Å². The number of hydrogen-bond acceptors (Lipinski definition) is 4. The van der Waals surface area contributed by atoms with E-state index in [0.717, 1.165) is 5.56 Å². The van der Waals surface area contributed by atoms with Crippen molar-refractivity contribution in [1.82, 2.24) is 0 Å². The van der Waals surface area contributed by atoms with Crippen LogP contribution in [0.15, 0.2) is 42.5 Å². The number of nitriles is 1. The van der Waals surface area contributed by atoms with Crippen LogP contribution >= 0.6 is 0 Å². The van der Waals surface area contributed by atoms with Gasteiger partial charge in [0, 0.05) is 0 Å². The van der Waals surface area contributed by atoms with Crippen LogP contribution in [-0.2, 0) is 15.8 Å². The minimum atomic E-state index is -3.64. The smallest absolute Gasteiger partial charge is 0.237 e. The summed E-state index contributed by atoms with van der Waals surface area (Å²) in [5.41, 5.74) is 8.26. The van der Waals surface area contributed by atoms with Crippen LogP contribution < -0.4 is 10.5 Å². The molecule has 0 aromatic heterocycles. The van der Waals surface area contributed by atoms with Gasteiger partial charge in [-0.15, -0.1) is 0 Å². The van der Waals surface area contributed by atoms with Crippen LogP contribution in [0.5, 0.6) is 0 Å². The summed E-state index contributed by atoms with van der Waals surface area (Å²) in [6.45, 7) is 1.87. The Labute approximate surface area is 124 Å². The van der Waals surface area contributed by atoms with Gasteiger partial charge < -0.3 is 5.73 Å². The Morgan fingerprint density at radius 1 is 1.24 bits per heavy atom. The summed E-state index contributed by atoms with van der Waals surface area (Å²) in [7, 11) is -3.64. The van der Waals surface area contributed by atoms with E-state index in [0.29, 0.717) is 22.5 Å². The van der Waals surface area contributed by atoms with E-state index in [2.05, 4.69) is 4.72 Å². The number of nitrogens with two attached hydrogens (primary N) is 1. The van der Waals surface area contributed by atoms with Crippen molar-refractivity contribution in [3.05, 3.63) is 59.2 Å². The Bertz CT molecular complexity index is 808. The zero-order valence-electron chi connectivity index (χ0n) is 11.5. The summed E-state index contributed by atoms with van der Waals surface area (Å²) in [4.78, 5) is 0. The molecule has 0 fully saturated rings. The zero-order chi connectivity index (χ0) is 15.5. The summed E-state index contributed by atoms with van der Waals surface area (Å²) in [6.07, 6.45) is 0. The minimum Gasteiger partial charge on any atom is -0.397 e. The largest absolute Gasteiger partial charge is 0.397 e. The van der Waals surface area contributed by atoms with E-state index in [1.165, 1.54) is 0 Å². The number of rotatable bonds is 4. The highest BCUT2D eigenvalue weighted by atomic mass is 32.2. The molecule has 0 aliphatic carbocycles. The van der Waals surface area contributed by atoms with E-state index in [9.17, 15) is 8.42 Å². The Hall–Kier alpha value is -2.52. The van der Waals surface area contributed by atoms with Gasteiger partial charge in [-0.2, -0.15) is 5.26 Å². The van der Waals surface area contributed by atoms with Crippen molar-refractivity contribution in [2.45, 2.75) is 12.7 Å². The Morgan fingerprint density at radius 2 is 1.95 bits per heavy atom. The van der Waals surface area contributed by atoms with Crippen LogP contribution in [0.25, 0.3) is 0 Å². The molecule has 0 unspecified atom stereocenters. The second kappa shape index (κ2) is 5.85. The summed E-state index contributed by atoms with van der Waals surface area (Å²) in [5, 5.41) is 8.99. The van der Waals surface area contributed by atoms with Crippen molar-refractivity contribution in [2.75, 3.05) is 10.5 Å². The summed E-state index contributed by atoms with van der Waals surface area (Å²) >= 11 is 0. The van der Waals surface area contributed by atoms with E-state index in [1.54, 1.807) is 42.5 Å². The molecule has 0 heterocycles. The first-order chi connectivity index (χ1) is 9.91. The van der Waals surface area contributed by atoms with Gasteiger partial charge in [-0.25, -0.2) is 8.42 Å². The van der Waals surface area contributed by atoms with E-state index < -0.39 is 10.0 Å². The molecule has 0 amide bonds. The minimum absolute atomic E-state index is 0.274. The lowest BCUT2D eigenvalue weighted by molar-refractivity contribution is 0.600. The lowest BCUT2D eigenvalue weighted by Gasteiger charge is -2.11. The Balaban J connectivity index is 2.25. The van der Waals surface area contributed by atoms with E-state index >= 15 is 0 Å². The molecule has 0 aliphatic rings. The quantitative estimate of drug-likeness (QED) is 0.847. The van der Waals surface area contributed by atoms with E-state index in [1.807, 2.05) is 13.0 Å². The monoisotopic (exact) mass is 301 g/mol. The van der Waals surface area contributed by atoms with Gasteiger partial charge in [-0.05, 0) is 36.2 Å². The molecule has 3 N–H and O–H groups in total. The van der Waals surface area contributed by atoms with Crippen molar-refractivity contribution in [2.24, 2.45) is 0 Å². The molecule has 2 aromatic carbocycles. The van der Waals surface area contributed by atoms with Gasteiger partial charge in [0.1, 0.15) is 0 Å². The first-order valence-electron chi connectivity index (χ1n) is 6.26. The maximum atomic E-state index is 12.2. The fourth-order valence-electron chi connectivity index (χ4n) is 1.94. The molecule has 0 bridgehead atoms. The average molecular weight is 301 g/mol. The second-order valence-corrected chi connectivity index (χ2v) is 6.44. The third-order valence-electron chi connectivity index (χ3n) is 2.96. The van der Waals surface area contributed by atoms with Crippen molar-refractivity contribution >= 4 is 21.4 Å². The number of anilines is 2. The normalized spacial score (nSPS) is 10.9. The third kappa shape index (κ3) is 3.74. The molecule has 0 saturated heterocycles. The number of nitrogens with one attached hydrogen (secondary N) is 1. The number of nitrogen functional groups attached to an aromatic ring is 1. The first kappa shape index (κ1) is 14.9. The molecule has 2 aromatic rings. The molecule has 6 heteroatoms. The van der Waals surface area contributed by atoms with Crippen LogP contribution in [0.4, 0.5) is 11.4 Å². The lowest BCUT2D eigenvalue weighted by Crippen LogP contribution is -2.16. The van der Waals surface area contributed by atoms with Crippen LogP contribution in [0.3, 0.4) is 0 Å². The van der Waals surface area contributed by atoms with Gasteiger partial charge in [0.25, 0.3) is 0 Å². The molecule has 0 aliphatic heterocycles. The second-order valence-electron chi connectivity index (χ2n) is 4.72. The molecule has 21 heavy (non-hydrogen) atoms. The van der Waals surface area contributed by atoms with Gasteiger partial charge in [0.15, 0.2) is 0 Å². The maximum Gasteiger partial charge on any atom is 0.237 e. The lowest BCUT2D eigenvalue weighted by atomic mass is 10.1. The predicted octanol–water partition coefficient (Wildman–Crippen LogP) is 2.39. The molecule has 2 rings (SSSR count). The molecular weight excluding hydrogens is 286 g/mol.